The molecule has 2 rings (SSSR count). The van der Waals surface area contributed by atoms with Crippen LogP contribution in [-0.2, 0) is 6.42 Å². The minimum atomic E-state index is -3.36. The molecule has 3 N–H and O–H groups in total. The lowest BCUT2D eigenvalue weighted by Crippen LogP contribution is -2.46. The van der Waals surface area contributed by atoms with Crippen LogP contribution in [-0.4, -0.2) is 11.4 Å². The largest absolute Gasteiger partial charge is 0.338 e. The van der Waals surface area contributed by atoms with Gasteiger partial charge in [0, 0.05) is 4.70 Å². The second-order valence-electron chi connectivity index (χ2n) is 3.72. The zero-order chi connectivity index (χ0) is 12.5. The molecule has 92 valence electrons. The standard InChI is InChI=1S/C11H11ClF2N2S/c12-11(13,14)10(16-15)5-7-6-17-9-4-2-1-3-8(7)9/h1-4,6,10,16H,5,15H2. The van der Waals surface area contributed by atoms with E-state index in [4.69, 9.17) is 17.4 Å². The second kappa shape index (κ2) is 4.86. The van der Waals surface area contributed by atoms with E-state index in [0.29, 0.717) is 0 Å². The van der Waals surface area contributed by atoms with Crippen molar-refractivity contribution in [2.75, 3.05) is 0 Å². The molecule has 2 nitrogen and oxygen atoms in total. The number of fused-ring (bicyclic) bond motifs is 1. The van der Waals surface area contributed by atoms with Crippen molar-refractivity contribution in [2.24, 2.45) is 5.84 Å². The van der Waals surface area contributed by atoms with E-state index in [0.717, 1.165) is 15.6 Å². The molecule has 1 aromatic carbocycles. The number of hydrogen-bond donors (Lipinski definition) is 2. The van der Waals surface area contributed by atoms with Crippen molar-refractivity contribution in [1.29, 1.82) is 0 Å². The van der Waals surface area contributed by atoms with Crippen molar-refractivity contribution < 1.29 is 8.78 Å². The van der Waals surface area contributed by atoms with Gasteiger partial charge in [0.15, 0.2) is 0 Å². The number of benzene rings is 1. The monoisotopic (exact) mass is 276 g/mol. The molecule has 1 heterocycles. The second-order valence-corrected chi connectivity index (χ2v) is 5.14. The Hall–Kier alpha value is -0.750. The highest BCUT2D eigenvalue weighted by Gasteiger charge is 2.36. The van der Waals surface area contributed by atoms with Gasteiger partial charge in [-0.3, -0.25) is 5.84 Å². The van der Waals surface area contributed by atoms with Crippen LogP contribution in [0.1, 0.15) is 5.56 Å². The zero-order valence-corrected chi connectivity index (χ0v) is 10.4. The van der Waals surface area contributed by atoms with Crippen LogP contribution >= 0.6 is 22.9 Å². The summed E-state index contributed by atoms with van der Waals surface area (Å²) < 4.78 is 27.1. The number of thiophene rings is 1. The van der Waals surface area contributed by atoms with Gasteiger partial charge in [-0.25, -0.2) is 5.43 Å². The summed E-state index contributed by atoms with van der Waals surface area (Å²) in [6, 6.07) is 6.37. The Morgan fingerprint density at radius 2 is 2.12 bits per heavy atom. The summed E-state index contributed by atoms with van der Waals surface area (Å²) in [5, 5.41) is -0.534. The first kappa shape index (κ1) is 12.7. The van der Waals surface area contributed by atoms with Gasteiger partial charge in [0.25, 0.3) is 0 Å². The zero-order valence-electron chi connectivity index (χ0n) is 8.79. The molecule has 17 heavy (non-hydrogen) atoms. The molecule has 0 fully saturated rings. The lowest BCUT2D eigenvalue weighted by Gasteiger charge is -2.20. The van der Waals surface area contributed by atoms with E-state index in [2.05, 4.69) is 5.43 Å². The van der Waals surface area contributed by atoms with Crippen LogP contribution in [0.25, 0.3) is 10.1 Å². The quantitative estimate of drug-likeness (QED) is 0.512. The lowest BCUT2D eigenvalue weighted by atomic mass is 10.1. The van der Waals surface area contributed by atoms with Crippen molar-refractivity contribution in [2.45, 2.75) is 17.8 Å². The minimum absolute atomic E-state index is 0.0943. The molecule has 0 aliphatic rings. The number of nitrogens with two attached hydrogens (primary N) is 1. The Kier molecular flexibility index (Phi) is 3.63. The van der Waals surface area contributed by atoms with Gasteiger partial charge in [-0.05, 0) is 40.4 Å². The van der Waals surface area contributed by atoms with Gasteiger partial charge in [0.1, 0.15) is 6.04 Å². The van der Waals surface area contributed by atoms with Crippen molar-refractivity contribution in [3.8, 4) is 0 Å². The normalized spacial score (nSPS) is 14.1. The van der Waals surface area contributed by atoms with E-state index in [1.165, 1.54) is 11.3 Å². The summed E-state index contributed by atoms with van der Waals surface area (Å²) in [6.45, 7) is 0. The first-order chi connectivity index (χ1) is 8.02. The molecule has 1 atom stereocenters. The third-order valence-corrected chi connectivity index (χ3v) is 3.86. The molecule has 0 aliphatic heterocycles. The maximum atomic E-state index is 13.0. The third kappa shape index (κ3) is 2.74. The fourth-order valence-electron chi connectivity index (χ4n) is 1.68. The Labute approximate surface area is 106 Å². The molecule has 0 saturated carbocycles. The molecular formula is C11H11ClF2N2S. The average molecular weight is 277 g/mol. The molecule has 0 radical (unpaired) electrons. The van der Waals surface area contributed by atoms with Gasteiger partial charge in [-0.2, -0.15) is 8.78 Å². The average Bonchev–Trinajstić information content (AvgIpc) is 2.67. The van der Waals surface area contributed by atoms with Crippen molar-refractivity contribution in [1.82, 2.24) is 5.43 Å². The topological polar surface area (TPSA) is 38.0 Å². The van der Waals surface area contributed by atoms with Crippen LogP contribution in [0, 0.1) is 0 Å². The molecule has 0 spiro atoms. The number of rotatable bonds is 4. The summed E-state index contributed by atoms with van der Waals surface area (Å²) in [5.74, 6) is 5.11. The van der Waals surface area contributed by atoms with E-state index in [9.17, 15) is 8.78 Å². The highest BCUT2D eigenvalue weighted by atomic mass is 35.5. The lowest BCUT2D eigenvalue weighted by molar-refractivity contribution is 0.0504. The number of hydrazine groups is 1. The van der Waals surface area contributed by atoms with Gasteiger partial charge in [0.2, 0.25) is 0 Å². The number of halogens is 3. The molecule has 0 amide bonds. The van der Waals surface area contributed by atoms with Gasteiger partial charge < -0.3 is 0 Å². The van der Waals surface area contributed by atoms with Crippen LogP contribution in [0.2, 0.25) is 0 Å². The van der Waals surface area contributed by atoms with Gasteiger partial charge >= 0.3 is 5.38 Å². The predicted molar refractivity (Wildman–Crippen MR) is 67.4 cm³/mol. The van der Waals surface area contributed by atoms with E-state index < -0.39 is 11.4 Å². The Bertz CT molecular complexity index is 509. The van der Waals surface area contributed by atoms with E-state index >= 15 is 0 Å². The highest BCUT2D eigenvalue weighted by molar-refractivity contribution is 7.17. The summed E-state index contributed by atoms with van der Waals surface area (Å²) in [5.41, 5.74) is 2.90. The van der Waals surface area contributed by atoms with Crippen molar-refractivity contribution >= 4 is 33.0 Å². The first-order valence-electron chi connectivity index (χ1n) is 5.00. The minimum Gasteiger partial charge on any atom is -0.271 e. The fourth-order valence-corrected chi connectivity index (χ4v) is 2.80. The Morgan fingerprint density at radius 3 is 2.76 bits per heavy atom. The first-order valence-corrected chi connectivity index (χ1v) is 6.26. The maximum Gasteiger partial charge on any atom is 0.338 e. The van der Waals surface area contributed by atoms with Crippen LogP contribution in [0.5, 0.6) is 0 Å². The molecule has 2 aromatic rings. The molecule has 1 aromatic heterocycles. The summed E-state index contributed by atoms with van der Waals surface area (Å²) in [7, 11) is 0. The predicted octanol–water partition coefficient (Wildman–Crippen LogP) is 3.11. The summed E-state index contributed by atoms with van der Waals surface area (Å²) in [6.07, 6.45) is 0.0943. The number of alkyl halides is 3. The number of nitrogens with one attached hydrogen (secondary N) is 1. The fraction of sp³-hybridized carbons (Fsp3) is 0.273. The summed E-state index contributed by atoms with van der Waals surface area (Å²) in [4.78, 5) is 0. The Morgan fingerprint density at radius 1 is 1.41 bits per heavy atom. The van der Waals surface area contributed by atoms with Crippen LogP contribution < -0.4 is 11.3 Å². The highest BCUT2D eigenvalue weighted by Crippen LogP contribution is 2.31. The molecular weight excluding hydrogens is 266 g/mol. The molecule has 0 aliphatic carbocycles. The molecule has 6 heteroatoms. The van der Waals surface area contributed by atoms with E-state index in [1.807, 2.05) is 29.6 Å². The molecule has 1 unspecified atom stereocenters. The SMILES string of the molecule is NNC(Cc1csc2ccccc12)C(F)(F)Cl. The van der Waals surface area contributed by atoms with Crippen LogP contribution in [0.3, 0.4) is 0 Å². The maximum absolute atomic E-state index is 13.0. The van der Waals surface area contributed by atoms with E-state index in [-0.39, 0.29) is 6.42 Å². The molecule has 0 saturated heterocycles. The van der Waals surface area contributed by atoms with Gasteiger partial charge in [-0.15, -0.1) is 11.3 Å². The molecule has 0 bridgehead atoms. The van der Waals surface area contributed by atoms with Crippen molar-refractivity contribution in [3.63, 3.8) is 0 Å². The Balaban J connectivity index is 2.29. The van der Waals surface area contributed by atoms with Gasteiger partial charge in [-0.1, -0.05) is 18.2 Å². The third-order valence-electron chi connectivity index (χ3n) is 2.58. The van der Waals surface area contributed by atoms with Crippen molar-refractivity contribution in [3.05, 3.63) is 35.2 Å². The van der Waals surface area contributed by atoms with Crippen LogP contribution in [0.15, 0.2) is 29.6 Å². The van der Waals surface area contributed by atoms with Crippen LogP contribution in [0.4, 0.5) is 8.78 Å². The van der Waals surface area contributed by atoms with Gasteiger partial charge in [0.05, 0.1) is 0 Å². The van der Waals surface area contributed by atoms with E-state index in [1.54, 1.807) is 0 Å². The number of hydrogen-bond acceptors (Lipinski definition) is 3. The smallest absolute Gasteiger partial charge is 0.271 e. The summed E-state index contributed by atoms with van der Waals surface area (Å²) >= 11 is 6.52.